The zero-order valence-corrected chi connectivity index (χ0v) is 9.41. The van der Waals surface area contributed by atoms with E-state index in [0.29, 0.717) is 19.6 Å². The molecule has 1 aliphatic heterocycles. The van der Waals surface area contributed by atoms with E-state index in [-0.39, 0.29) is 12.3 Å². The van der Waals surface area contributed by atoms with Gasteiger partial charge in [0.2, 0.25) is 0 Å². The van der Waals surface area contributed by atoms with Gasteiger partial charge in [-0.05, 0) is 13.8 Å². The van der Waals surface area contributed by atoms with E-state index in [2.05, 4.69) is 4.74 Å². The van der Waals surface area contributed by atoms with Crippen LogP contribution in [0.25, 0.3) is 0 Å². The number of hydroxylamine groups is 2. The van der Waals surface area contributed by atoms with E-state index in [1.54, 1.807) is 12.0 Å². The second-order valence-electron chi connectivity index (χ2n) is 3.78. The molecular weight excluding hydrogens is 198 g/mol. The van der Waals surface area contributed by atoms with Crippen molar-refractivity contribution in [3.63, 3.8) is 0 Å². The largest absolute Gasteiger partial charge is 0.468 e. The molecule has 1 fully saturated rings. The van der Waals surface area contributed by atoms with Gasteiger partial charge < -0.3 is 4.74 Å². The average molecular weight is 215 g/mol. The van der Waals surface area contributed by atoms with Gasteiger partial charge in [0.05, 0.1) is 13.7 Å². The molecule has 0 saturated carbocycles. The molecule has 86 valence electrons. The highest BCUT2D eigenvalue weighted by Gasteiger charge is 2.46. The van der Waals surface area contributed by atoms with Crippen LogP contribution in [0.2, 0.25) is 0 Å². The van der Waals surface area contributed by atoms with E-state index in [0.717, 1.165) is 0 Å². The maximum absolute atomic E-state index is 11.7. The number of piperidine rings is 1. The fourth-order valence-electron chi connectivity index (χ4n) is 1.72. The second-order valence-corrected chi connectivity index (χ2v) is 3.78. The van der Waals surface area contributed by atoms with Crippen molar-refractivity contribution in [3.05, 3.63) is 0 Å². The molecule has 15 heavy (non-hydrogen) atoms. The van der Waals surface area contributed by atoms with Crippen LogP contribution in [0.5, 0.6) is 0 Å². The predicted octanol–water partition coefficient (Wildman–Crippen LogP) is 0.392. The van der Waals surface area contributed by atoms with Gasteiger partial charge in [0.25, 0.3) is 0 Å². The first kappa shape index (κ1) is 12.1. The zero-order valence-electron chi connectivity index (χ0n) is 9.41. The maximum Gasteiger partial charge on any atom is 0.320 e. The SMILES string of the molecule is CCON1CCC(=O)C(C)(C(=O)OC)C1. The number of hydrogen-bond donors (Lipinski definition) is 0. The molecule has 1 aliphatic rings. The third kappa shape index (κ3) is 2.35. The summed E-state index contributed by atoms with van der Waals surface area (Å²) >= 11 is 0. The van der Waals surface area contributed by atoms with E-state index in [1.165, 1.54) is 7.11 Å². The lowest BCUT2D eigenvalue weighted by atomic mass is 9.81. The minimum absolute atomic E-state index is 0.0784. The van der Waals surface area contributed by atoms with E-state index in [9.17, 15) is 9.59 Å². The Morgan fingerprint density at radius 2 is 2.27 bits per heavy atom. The van der Waals surface area contributed by atoms with E-state index < -0.39 is 11.4 Å². The monoisotopic (exact) mass is 215 g/mol. The number of carbonyl (C=O) groups is 2. The van der Waals surface area contributed by atoms with Crippen molar-refractivity contribution in [1.82, 2.24) is 5.06 Å². The van der Waals surface area contributed by atoms with Gasteiger partial charge in [0.1, 0.15) is 5.41 Å². The molecule has 0 radical (unpaired) electrons. The molecule has 1 heterocycles. The van der Waals surface area contributed by atoms with Crippen LogP contribution in [-0.4, -0.2) is 43.6 Å². The lowest BCUT2D eigenvalue weighted by Gasteiger charge is -2.35. The highest BCUT2D eigenvalue weighted by molar-refractivity contribution is 6.04. The maximum atomic E-state index is 11.7. The Bertz CT molecular complexity index is 256. The van der Waals surface area contributed by atoms with Gasteiger partial charge >= 0.3 is 5.97 Å². The number of rotatable bonds is 3. The molecular formula is C10H17NO4. The smallest absolute Gasteiger partial charge is 0.320 e. The van der Waals surface area contributed by atoms with Crippen LogP contribution in [0.1, 0.15) is 20.3 Å². The summed E-state index contributed by atoms with van der Waals surface area (Å²) in [4.78, 5) is 28.5. The van der Waals surface area contributed by atoms with Crippen molar-refractivity contribution in [2.45, 2.75) is 20.3 Å². The van der Waals surface area contributed by atoms with Gasteiger partial charge in [-0.15, -0.1) is 0 Å². The summed E-state index contributed by atoms with van der Waals surface area (Å²) in [5.41, 5.74) is -1.08. The first-order valence-corrected chi connectivity index (χ1v) is 5.04. The third-order valence-corrected chi connectivity index (χ3v) is 2.64. The Hall–Kier alpha value is -0.940. The number of carbonyl (C=O) groups excluding carboxylic acids is 2. The molecule has 0 amide bonds. The molecule has 0 aromatic carbocycles. The predicted molar refractivity (Wildman–Crippen MR) is 52.9 cm³/mol. The number of hydrogen-bond acceptors (Lipinski definition) is 5. The molecule has 0 spiro atoms. The fraction of sp³-hybridized carbons (Fsp3) is 0.800. The Balaban J connectivity index is 2.76. The van der Waals surface area contributed by atoms with E-state index in [4.69, 9.17) is 4.84 Å². The molecule has 1 rings (SSSR count). The highest BCUT2D eigenvalue weighted by atomic mass is 16.7. The van der Waals surface area contributed by atoms with E-state index >= 15 is 0 Å². The van der Waals surface area contributed by atoms with Crippen molar-refractivity contribution in [1.29, 1.82) is 0 Å². The Labute approximate surface area is 89.3 Å². The molecule has 1 saturated heterocycles. The molecule has 1 atom stereocenters. The molecule has 0 N–H and O–H groups in total. The third-order valence-electron chi connectivity index (χ3n) is 2.64. The molecule has 0 aromatic rings. The van der Waals surface area contributed by atoms with Crippen LogP contribution in [-0.2, 0) is 19.2 Å². The Morgan fingerprint density at radius 3 is 2.80 bits per heavy atom. The fourth-order valence-corrected chi connectivity index (χ4v) is 1.72. The van der Waals surface area contributed by atoms with Gasteiger partial charge in [0.15, 0.2) is 5.78 Å². The lowest BCUT2D eigenvalue weighted by Crippen LogP contribution is -2.52. The molecule has 0 aliphatic carbocycles. The van der Waals surface area contributed by atoms with Crippen molar-refractivity contribution in [2.24, 2.45) is 5.41 Å². The van der Waals surface area contributed by atoms with Crippen LogP contribution in [0.3, 0.4) is 0 Å². The highest BCUT2D eigenvalue weighted by Crippen LogP contribution is 2.27. The number of ether oxygens (including phenoxy) is 1. The van der Waals surface area contributed by atoms with Crippen LogP contribution >= 0.6 is 0 Å². The minimum Gasteiger partial charge on any atom is -0.468 e. The summed E-state index contributed by atoms with van der Waals surface area (Å²) in [6.07, 6.45) is 0.325. The molecule has 0 aromatic heterocycles. The Morgan fingerprint density at radius 1 is 1.60 bits per heavy atom. The minimum atomic E-state index is -1.08. The number of esters is 1. The normalized spacial score (nSPS) is 27.8. The Kier molecular flexibility index (Phi) is 3.82. The van der Waals surface area contributed by atoms with Crippen LogP contribution < -0.4 is 0 Å². The van der Waals surface area contributed by atoms with E-state index in [1.807, 2.05) is 6.92 Å². The first-order chi connectivity index (χ1) is 7.04. The van der Waals surface area contributed by atoms with Crippen LogP contribution in [0, 0.1) is 5.41 Å². The van der Waals surface area contributed by atoms with Gasteiger partial charge in [0, 0.05) is 19.5 Å². The van der Waals surface area contributed by atoms with Gasteiger partial charge in [-0.25, -0.2) is 0 Å². The van der Waals surface area contributed by atoms with Crippen LogP contribution in [0.15, 0.2) is 0 Å². The average Bonchev–Trinajstić information content (AvgIpc) is 2.23. The van der Waals surface area contributed by atoms with Crippen molar-refractivity contribution >= 4 is 11.8 Å². The topological polar surface area (TPSA) is 55.8 Å². The van der Waals surface area contributed by atoms with Crippen molar-refractivity contribution in [3.8, 4) is 0 Å². The van der Waals surface area contributed by atoms with Gasteiger partial charge in [-0.2, -0.15) is 5.06 Å². The van der Waals surface area contributed by atoms with Crippen molar-refractivity contribution < 1.29 is 19.2 Å². The summed E-state index contributed by atoms with van der Waals surface area (Å²) < 4.78 is 4.65. The quantitative estimate of drug-likeness (QED) is 0.503. The number of ketones is 1. The lowest BCUT2D eigenvalue weighted by molar-refractivity contribution is -0.198. The molecule has 1 unspecified atom stereocenters. The zero-order chi connectivity index (χ0) is 11.5. The van der Waals surface area contributed by atoms with Gasteiger partial charge in [-0.1, -0.05) is 0 Å². The summed E-state index contributed by atoms with van der Waals surface area (Å²) in [6.45, 7) is 4.81. The molecule has 0 bridgehead atoms. The summed E-state index contributed by atoms with van der Waals surface area (Å²) in [5.74, 6) is -0.567. The number of methoxy groups -OCH3 is 1. The second kappa shape index (κ2) is 4.72. The van der Waals surface area contributed by atoms with Gasteiger partial charge in [-0.3, -0.25) is 14.4 Å². The molecule has 5 nitrogen and oxygen atoms in total. The summed E-state index contributed by atoms with van der Waals surface area (Å²) in [7, 11) is 1.29. The molecule has 5 heteroatoms. The number of Topliss-reactive ketones (excluding diaryl/α,β-unsaturated/α-hetero) is 1. The van der Waals surface area contributed by atoms with Crippen LogP contribution in [0.4, 0.5) is 0 Å². The summed E-state index contributed by atoms with van der Waals surface area (Å²) in [6, 6.07) is 0. The first-order valence-electron chi connectivity index (χ1n) is 5.04. The number of nitrogens with zero attached hydrogens (tertiary/aromatic N) is 1. The van der Waals surface area contributed by atoms with Crippen molar-refractivity contribution in [2.75, 3.05) is 26.8 Å². The summed E-state index contributed by atoms with van der Waals surface area (Å²) in [5, 5.41) is 1.65. The standard InChI is InChI=1S/C10H17NO4/c1-4-15-11-6-5-8(12)10(2,7-11)9(13)14-3/h4-7H2,1-3H3.